The predicted octanol–water partition coefficient (Wildman–Crippen LogP) is 16.5. The van der Waals surface area contributed by atoms with Crippen LogP contribution in [0.4, 0.5) is 0 Å². The third-order valence-electron chi connectivity index (χ3n) is 13.9. The minimum Gasteiger partial charge on any atom is -0.510 e. The van der Waals surface area contributed by atoms with Crippen LogP contribution in [0.1, 0.15) is 85.9 Å². The van der Waals surface area contributed by atoms with Gasteiger partial charge in [0, 0.05) is 44.3 Å². The summed E-state index contributed by atoms with van der Waals surface area (Å²) in [4.78, 5) is 4.87. The second-order valence-corrected chi connectivity index (χ2v) is 21.8. The molecule has 0 unspecified atom stereocenters. The van der Waals surface area contributed by atoms with E-state index in [-0.39, 0.29) is 55.0 Å². The van der Waals surface area contributed by atoms with E-state index in [4.69, 9.17) is 13.8 Å². The molecule has 0 saturated carbocycles. The van der Waals surface area contributed by atoms with Crippen molar-refractivity contribution in [2.45, 2.75) is 78.6 Å². The summed E-state index contributed by atoms with van der Waals surface area (Å²) >= 11 is 0. The predicted molar refractivity (Wildman–Crippen MR) is 291 cm³/mol. The van der Waals surface area contributed by atoms with E-state index in [1.54, 1.807) is 0 Å². The number of fused-ring (bicyclic) bond motifs is 10. The first-order valence-corrected chi connectivity index (χ1v) is 24.3. The number of aromatic nitrogens is 4. The first-order chi connectivity index (χ1) is 36.2. The maximum absolute atomic E-state index is 9.25. The zero-order valence-electron chi connectivity index (χ0n) is 46.9. The summed E-state index contributed by atoms with van der Waals surface area (Å²) in [7, 11) is 0. The molecule has 358 valence electrons. The fraction of sp³-hybridized carbons (Fsp3) is 0.182. The molecule has 1 aliphatic rings. The van der Waals surface area contributed by atoms with E-state index in [1.165, 1.54) is 11.1 Å². The molecule has 1 aliphatic heterocycles. The molecule has 11 aromatic rings. The summed E-state index contributed by atoms with van der Waals surface area (Å²) in [6.45, 7) is 20.1. The smallest absolute Gasteiger partial charge is 0.268 e. The molecule has 72 heavy (non-hydrogen) atoms. The van der Waals surface area contributed by atoms with Crippen LogP contribution in [0.5, 0.6) is 11.5 Å². The molecule has 0 spiro atoms. The molecular formula is C66H56N4OPt-2. The van der Waals surface area contributed by atoms with Crippen molar-refractivity contribution < 1.29 is 37.2 Å². The summed E-state index contributed by atoms with van der Waals surface area (Å²) in [5.74, 6) is 1.73. The topological polar surface area (TPSA) is 35.9 Å². The molecule has 3 aromatic heterocycles. The molecule has 0 radical (unpaired) electrons. The fourth-order valence-corrected chi connectivity index (χ4v) is 10.2. The Morgan fingerprint density at radius 2 is 1.19 bits per heavy atom. The van der Waals surface area contributed by atoms with E-state index in [9.17, 15) is 2.74 Å². The largest absolute Gasteiger partial charge is 0.510 e. The molecule has 0 bridgehead atoms. The van der Waals surface area contributed by atoms with Gasteiger partial charge in [0.2, 0.25) is 0 Å². The Hall–Kier alpha value is -7.33. The summed E-state index contributed by atoms with van der Waals surface area (Å²) in [5, 5.41) is 2.10. The maximum atomic E-state index is 9.25. The summed E-state index contributed by atoms with van der Waals surface area (Å²) < 4.78 is 57.7. The van der Waals surface area contributed by atoms with Gasteiger partial charge in [-0.1, -0.05) is 183 Å². The number of imidazole rings is 1. The first kappa shape index (κ1) is 41.3. The second-order valence-electron chi connectivity index (χ2n) is 21.8. The molecule has 0 aliphatic carbocycles. The Kier molecular flexibility index (Phi) is 10.0. The molecule has 0 amide bonds. The number of hydrogen-bond acceptors (Lipinski definition) is 2. The Morgan fingerprint density at radius 1 is 0.542 bits per heavy atom. The van der Waals surface area contributed by atoms with Gasteiger partial charge in [-0.2, -0.15) is 18.2 Å². The van der Waals surface area contributed by atoms with Gasteiger partial charge >= 0.3 is 0 Å². The van der Waals surface area contributed by atoms with Gasteiger partial charge in [0.1, 0.15) is 5.82 Å². The van der Waals surface area contributed by atoms with Crippen LogP contribution >= 0.6 is 0 Å². The Labute approximate surface area is 444 Å². The van der Waals surface area contributed by atoms with Crippen LogP contribution in [-0.4, -0.2) is 14.1 Å². The molecule has 0 saturated heterocycles. The molecule has 6 heteroatoms. The number of rotatable bonds is 5. The third kappa shape index (κ3) is 7.99. The van der Waals surface area contributed by atoms with Crippen molar-refractivity contribution in [3.63, 3.8) is 0 Å². The average molecular weight is 1120 g/mol. The van der Waals surface area contributed by atoms with Crippen molar-refractivity contribution in [3.8, 4) is 73.2 Å². The van der Waals surface area contributed by atoms with Crippen LogP contribution < -0.4 is 9.30 Å². The molecule has 0 fully saturated rings. The van der Waals surface area contributed by atoms with E-state index in [0.29, 0.717) is 28.3 Å². The van der Waals surface area contributed by atoms with Crippen molar-refractivity contribution in [2.24, 2.45) is 0 Å². The fourth-order valence-electron chi connectivity index (χ4n) is 10.2. The van der Waals surface area contributed by atoms with Crippen molar-refractivity contribution in [1.82, 2.24) is 14.1 Å². The molecule has 0 atom stereocenters. The third-order valence-corrected chi connectivity index (χ3v) is 13.9. The average Bonchev–Trinajstić information content (AvgIpc) is 3.98. The Balaban J connectivity index is 0.00000631. The van der Waals surface area contributed by atoms with Gasteiger partial charge in [-0.25, -0.2) is 4.98 Å². The van der Waals surface area contributed by atoms with E-state index < -0.39 is 18.1 Å². The number of pyridine rings is 1. The quantitative estimate of drug-likeness (QED) is 0.127. The van der Waals surface area contributed by atoms with Gasteiger partial charge in [-0.05, 0) is 113 Å². The van der Waals surface area contributed by atoms with Gasteiger partial charge in [-0.15, -0.1) is 29.7 Å². The molecule has 4 heterocycles. The zero-order valence-corrected chi connectivity index (χ0v) is 44.1. The van der Waals surface area contributed by atoms with Crippen molar-refractivity contribution in [2.75, 3.05) is 0 Å². The minimum atomic E-state index is -0.445. The van der Waals surface area contributed by atoms with Crippen LogP contribution in [0.25, 0.3) is 94.5 Å². The zero-order chi connectivity index (χ0) is 53.3. The van der Waals surface area contributed by atoms with Gasteiger partial charge in [0.05, 0.1) is 23.6 Å². The monoisotopic (exact) mass is 1120 g/mol. The van der Waals surface area contributed by atoms with E-state index in [1.807, 2.05) is 65.4 Å². The second kappa shape index (κ2) is 17.5. The van der Waals surface area contributed by atoms with Crippen molar-refractivity contribution in [1.29, 1.82) is 0 Å². The van der Waals surface area contributed by atoms with Gasteiger partial charge < -0.3 is 13.9 Å². The minimum absolute atomic E-state index is 0. The van der Waals surface area contributed by atoms with E-state index in [2.05, 4.69) is 175 Å². The molecule has 12 rings (SSSR count). The van der Waals surface area contributed by atoms with E-state index in [0.717, 1.165) is 77.8 Å². The Bertz CT molecular complexity index is 4200. The van der Waals surface area contributed by atoms with Crippen LogP contribution in [0.2, 0.25) is 0 Å². The van der Waals surface area contributed by atoms with E-state index >= 15 is 0 Å². The summed E-state index contributed by atoms with van der Waals surface area (Å²) in [6.07, 6.45) is 5.74. The van der Waals surface area contributed by atoms with Gasteiger partial charge in [0.15, 0.2) is 0 Å². The van der Waals surface area contributed by atoms with Crippen molar-refractivity contribution >= 4 is 32.8 Å². The normalized spacial score (nSPS) is 13.4. The molecule has 5 nitrogen and oxygen atoms in total. The van der Waals surface area contributed by atoms with Gasteiger partial charge in [-0.3, -0.25) is 4.57 Å². The summed E-state index contributed by atoms with van der Waals surface area (Å²) in [5.41, 5.74) is 14.3. The van der Waals surface area contributed by atoms with Crippen LogP contribution in [-0.2, 0) is 37.3 Å². The van der Waals surface area contributed by atoms with Crippen LogP contribution in [0, 0.1) is 18.5 Å². The number of ether oxygens (including phenoxy) is 1. The molecular weight excluding hydrogens is 1060 g/mol. The number of benzene rings is 8. The first-order valence-electron chi connectivity index (χ1n) is 26.8. The Morgan fingerprint density at radius 3 is 1.89 bits per heavy atom. The van der Waals surface area contributed by atoms with Gasteiger partial charge in [0.25, 0.3) is 6.33 Å². The van der Waals surface area contributed by atoms with Crippen LogP contribution in [0.3, 0.4) is 0 Å². The number of para-hydroxylation sites is 1. The number of nitrogens with zero attached hydrogens (tertiary/aromatic N) is 4. The summed E-state index contributed by atoms with van der Waals surface area (Å²) in [6, 6.07) is 53.2. The maximum Gasteiger partial charge on any atom is 0.268 e. The molecule has 8 aromatic carbocycles. The SMILES string of the molecule is [2H]c1c([2H])c([2H])c(-c2cc3c4c(c2)n(-c2[c-]c(Oc5[c-]c6c(cc5)c5ccccc5n6-c5cc(C(C)(C)C)ccn5)ccc2)[c-][n+]4-c2c(cc(C(C)(C)C)cc2C(C)(C)C)-c2ccccc2-c2ccccc2-3)c([2H])c1[2H].[Pt]. The van der Waals surface area contributed by atoms with Crippen LogP contribution in [0.15, 0.2) is 176 Å². The van der Waals surface area contributed by atoms with Crippen molar-refractivity contribution in [3.05, 3.63) is 211 Å². The standard InChI is InChI=1S/C66H56N4O.Pt/c1-64(2,3)44-32-33-67-61(38-44)70-58-29-18-17-28-53(58)54-31-30-48(40-59(54)70)71-47-23-19-22-46(39-47)68-41-69-62-56(36-45(65(4,5)6)37-57(62)66(7,8)9)52-27-16-14-25-50(52)49-24-13-15-26-51(49)55-34-43(35-60(68)63(55)69)42-20-11-10-12-21-42;/h10-38H,1-9H3;/q-2;/i10D,11D,12D,20D,21D;. The molecule has 0 N–H and O–H groups in total. The number of hydrogen-bond donors (Lipinski definition) is 0.